The maximum absolute atomic E-state index is 11.7. The minimum Gasteiger partial charge on any atom is -0.504 e. The summed E-state index contributed by atoms with van der Waals surface area (Å²) >= 11 is 5.71. The van der Waals surface area contributed by atoms with Gasteiger partial charge >= 0.3 is 5.97 Å². The van der Waals surface area contributed by atoms with Gasteiger partial charge in [0.1, 0.15) is 0 Å². The third-order valence-electron chi connectivity index (χ3n) is 2.36. The van der Waals surface area contributed by atoms with E-state index in [2.05, 4.69) is 10.2 Å². The van der Waals surface area contributed by atoms with E-state index in [4.69, 9.17) is 16.3 Å². The fourth-order valence-electron chi connectivity index (χ4n) is 1.61. The molecule has 0 aliphatic carbocycles. The molecule has 0 radical (unpaired) electrons. The van der Waals surface area contributed by atoms with Crippen LogP contribution in [-0.2, 0) is 11.8 Å². The van der Waals surface area contributed by atoms with Crippen LogP contribution >= 0.6 is 11.6 Å². The van der Waals surface area contributed by atoms with Gasteiger partial charge in [-0.1, -0.05) is 11.6 Å². The number of carbonyl (C=O) groups excluding carboxylic acids is 1. The molecule has 1 N–H and O–H groups in total. The minimum absolute atomic E-state index is 0.0402. The van der Waals surface area contributed by atoms with Crippen molar-refractivity contribution >= 4 is 28.6 Å². The molecule has 0 fully saturated rings. The molecule has 2 rings (SSSR count). The number of aromatic hydroxyl groups is 1. The predicted molar refractivity (Wildman–Crippen MR) is 61.1 cm³/mol. The lowest BCUT2D eigenvalue weighted by atomic mass is 10.3. The number of aryl methyl sites for hydroxylation is 1. The number of rotatable bonds is 2. The summed E-state index contributed by atoms with van der Waals surface area (Å²) in [5.74, 6) is -0.855. The first-order valence-corrected chi connectivity index (χ1v) is 5.31. The summed E-state index contributed by atoms with van der Waals surface area (Å²) in [6.07, 6.45) is 0. The number of nitrogens with zero attached hydrogens (tertiary/aromatic N) is 3. The van der Waals surface area contributed by atoms with Gasteiger partial charge in [-0.15, -0.1) is 10.2 Å². The van der Waals surface area contributed by atoms with Crippen LogP contribution in [0.3, 0.4) is 0 Å². The van der Waals surface area contributed by atoms with Gasteiger partial charge in [0.2, 0.25) is 0 Å². The van der Waals surface area contributed by atoms with Crippen LogP contribution in [0.25, 0.3) is 11.0 Å². The Morgan fingerprint density at radius 3 is 2.94 bits per heavy atom. The maximum Gasteiger partial charge on any atom is 0.358 e. The van der Waals surface area contributed by atoms with Crippen molar-refractivity contribution in [1.82, 2.24) is 14.8 Å². The lowest BCUT2D eigenvalue weighted by Gasteiger charge is -2.03. The van der Waals surface area contributed by atoms with Crippen molar-refractivity contribution in [2.24, 2.45) is 7.05 Å². The predicted octanol–water partition coefficient (Wildman–Crippen LogP) is 1.50. The molecular weight excluding hydrogens is 246 g/mol. The molecule has 90 valence electrons. The monoisotopic (exact) mass is 255 g/mol. The number of hydrogen-bond donors (Lipinski definition) is 1. The maximum atomic E-state index is 11.7. The molecular formula is C10H10ClN3O3. The second kappa shape index (κ2) is 4.21. The highest BCUT2D eigenvalue weighted by atomic mass is 35.5. The second-order valence-corrected chi connectivity index (χ2v) is 3.76. The van der Waals surface area contributed by atoms with E-state index in [1.807, 2.05) is 0 Å². The molecule has 0 aliphatic rings. The standard InChI is InChI=1S/C10H10ClN3O3/c1-3-17-10(16)8-9(15)7-5(14(8)2)4-6(11)12-13-7/h4,15H,3H2,1-2H3. The average molecular weight is 256 g/mol. The Kier molecular flexibility index (Phi) is 2.89. The van der Waals surface area contributed by atoms with Crippen molar-refractivity contribution in [3.63, 3.8) is 0 Å². The summed E-state index contributed by atoms with van der Waals surface area (Å²) in [6, 6.07) is 1.52. The van der Waals surface area contributed by atoms with E-state index in [0.717, 1.165) is 0 Å². The highest BCUT2D eigenvalue weighted by Crippen LogP contribution is 2.30. The molecule has 0 bridgehead atoms. The zero-order valence-electron chi connectivity index (χ0n) is 9.27. The summed E-state index contributed by atoms with van der Waals surface area (Å²) < 4.78 is 6.32. The molecule has 17 heavy (non-hydrogen) atoms. The van der Waals surface area contributed by atoms with E-state index in [1.54, 1.807) is 14.0 Å². The molecule has 0 amide bonds. The van der Waals surface area contributed by atoms with Crippen molar-refractivity contribution in [1.29, 1.82) is 0 Å². The Morgan fingerprint density at radius 2 is 2.29 bits per heavy atom. The molecule has 0 atom stereocenters. The van der Waals surface area contributed by atoms with E-state index in [1.165, 1.54) is 10.6 Å². The fourth-order valence-corrected chi connectivity index (χ4v) is 1.75. The summed E-state index contributed by atoms with van der Waals surface area (Å²) in [6.45, 7) is 1.92. The Balaban J connectivity index is 2.68. The molecule has 6 nitrogen and oxygen atoms in total. The average Bonchev–Trinajstić information content (AvgIpc) is 2.52. The summed E-state index contributed by atoms with van der Waals surface area (Å²) in [4.78, 5) is 11.7. The van der Waals surface area contributed by atoms with Crippen LogP contribution in [0.2, 0.25) is 5.15 Å². The topological polar surface area (TPSA) is 77.2 Å². The van der Waals surface area contributed by atoms with Crippen LogP contribution in [0.4, 0.5) is 0 Å². The van der Waals surface area contributed by atoms with Gasteiger partial charge in [-0.2, -0.15) is 0 Å². The quantitative estimate of drug-likeness (QED) is 0.823. The van der Waals surface area contributed by atoms with E-state index in [9.17, 15) is 9.90 Å². The fraction of sp³-hybridized carbons (Fsp3) is 0.300. The largest absolute Gasteiger partial charge is 0.504 e. The number of halogens is 1. The van der Waals surface area contributed by atoms with Crippen LogP contribution < -0.4 is 0 Å². The van der Waals surface area contributed by atoms with Gasteiger partial charge in [-0.3, -0.25) is 0 Å². The lowest BCUT2D eigenvalue weighted by molar-refractivity contribution is 0.0512. The number of fused-ring (bicyclic) bond motifs is 1. The van der Waals surface area contributed by atoms with Crippen molar-refractivity contribution in [3.8, 4) is 5.75 Å². The van der Waals surface area contributed by atoms with E-state index in [-0.39, 0.29) is 28.7 Å². The van der Waals surface area contributed by atoms with Gasteiger partial charge in [0, 0.05) is 13.1 Å². The van der Waals surface area contributed by atoms with E-state index in [0.29, 0.717) is 5.52 Å². The molecule has 0 spiro atoms. The van der Waals surface area contributed by atoms with Gasteiger partial charge in [0.15, 0.2) is 22.1 Å². The van der Waals surface area contributed by atoms with Gasteiger partial charge in [-0.05, 0) is 6.92 Å². The van der Waals surface area contributed by atoms with Crippen molar-refractivity contribution in [2.45, 2.75) is 6.92 Å². The van der Waals surface area contributed by atoms with Crippen LogP contribution in [0, 0.1) is 0 Å². The van der Waals surface area contributed by atoms with Gasteiger partial charge in [0.05, 0.1) is 12.1 Å². The zero-order chi connectivity index (χ0) is 12.6. The zero-order valence-corrected chi connectivity index (χ0v) is 10.0. The molecule has 2 aromatic heterocycles. The molecule has 0 aliphatic heterocycles. The Hall–Kier alpha value is -1.82. The van der Waals surface area contributed by atoms with E-state index >= 15 is 0 Å². The second-order valence-electron chi connectivity index (χ2n) is 3.38. The smallest absolute Gasteiger partial charge is 0.358 e. The summed E-state index contributed by atoms with van der Waals surface area (Å²) in [7, 11) is 1.62. The van der Waals surface area contributed by atoms with Crippen molar-refractivity contribution in [3.05, 3.63) is 16.9 Å². The number of aromatic nitrogens is 3. The first kappa shape index (κ1) is 11.7. The minimum atomic E-state index is -0.610. The van der Waals surface area contributed by atoms with Crippen LogP contribution in [0.5, 0.6) is 5.75 Å². The molecule has 0 saturated heterocycles. The molecule has 0 unspecified atom stereocenters. The first-order chi connectivity index (χ1) is 8.06. The third-order valence-corrected chi connectivity index (χ3v) is 2.54. The number of esters is 1. The van der Waals surface area contributed by atoms with Crippen molar-refractivity contribution in [2.75, 3.05) is 6.61 Å². The van der Waals surface area contributed by atoms with Crippen LogP contribution in [0.15, 0.2) is 6.07 Å². The Labute approximate surface area is 102 Å². The van der Waals surface area contributed by atoms with Gasteiger partial charge in [-0.25, -0.2) is 4.79 Å². The normalized spacial score (nSPS) is 10.8. The summed E-state index contributed by atoms with van der Waals surface area (Å²) in [5.41, 5.74) is 0.781. The highest BCUT2D eigenvalue weighted by molar-refractivity contribution is 6.29. The number of ether oxygens (including phenoxy) is 1. The van der Waals surface area contributed by atoms with Crippen LogP contribution in [0.1, 0.15) is 17.4 Å². The molecule has 7 heteroatoms. The number of hydrogen-bond acceptors (Lipinski definition) is 5. The van der Waals surface area contributed by atoms with Gasteiger partial charge in [0.25, 0.3) is 0 Å². The molecule has 0 aromatic carbocycles. The lowest BCUT2D eigenvalue weighted by Crippen LogP contribution is -2.09. The first-order valence-electron chi connectivity index (χ1n) is 4.94. The molecule has 2 heterocycles. The van der Waals surface area contributed by atoms with Gasteiger partial charge < -0.3 is 14.4 Å². The number of carbonyl (C=O) groups is 1. The van der Waals surface area contributed by atoms with Crippen LogP contribution in [-0.4, -0.2) is 32.4 Å². The molecule has 2 aromatic rings. The van der Waals surface area contributed by atoms with Crippen molar-refractivity contribution < 1.29 is 14.6 Å². The SMILES string of the molecule is CCOC(=O)c1c(O)c2nnc(Cl)cc2n1C. The highest BCUT2D eigenvalue weighted by Gasteiger charge is 2.23. The molecule has 0 saturated carbocycles. The third kappa shape index (κ3) is 1.80. The Bertz CT molecular complexity index is 594. The van der Waals surface area contributed by atoms with E-state index < -0.39 is 5.97 Å². The Morgan fingerprint density at radius 1 is 1.59 bits per heavy atom. The summed E-state index contributed by atoms with van der Waals surface area (Å²) in [5, 5.41) is 17.4.